The van der Waals surface area contributed by atoms with Gasteiger partial charge in [0, 0.05) is 29.7 Å². The second-order valence-electron chi connectivity index (χ2n) is 6.30. The van der Waals surface area contributed by atoms with Crippen molar-refractivity contribution in [3.63, 3.8) is 0 Å². The molecule has 4 nitrogen and oxygen atoms in total. The Labute approximate surface area is 108 Å². The lowest BCUT2D eigenvalue weighted by Gasteiger charge is -2.18. The number of nitrogens with one attached hydrogen (secondary N) is 1. The number of aliphatic hydroxyl groups is 1. The van der Waals surface area contributed by atoms with Crippen molar-refractivity contribution >= 4 is 0 Å². The normalized spacial score (nSPS) is 17.6. The van der Waals surface area contributed by atoms with Gasteiger partial charge in [-0.15, -0.1) is 0 Å². The summed E-state index contributed by atoms with van der Waals surface area (Å²) in [5.41, 5.74) is 1.72. The molecule has 4 heteroatoms. The molecule has 0 atom stereocenters. The largest absolute Gasteiger partial charge is 0.396 e. The summed E-state index contributed by atoms with van der Waals surface area (Å²) in [6, 6.07) is 0.325. The van der Waals surface area contributed by atoms with Crippen LogP contribution >= 0.6 is 0 Å². The number of rotatable bonds is 3. The van der Waals surface area contributed by atoms with Crippen molar-refractivity contribution in [2.45, 2.75) is 64.3 Å². The Morgan fingerprint density at radius 1 is 1.33 bits per heavy atom. The van der Waals surface area contributed by atoms with Crippen molar-refractivity contribution in [2.75, 3.05) is 6.61 Å². The summed E-state index contributed by atoms with van der Waals surface area (Å²) < 4.78 is 1.80. The number of H-pyrrole nitrogens is 1. The summed E-state index contributed by atoms with van der Waals surface area (Å²) in [6.45, 7) is 6.31. The lowest BCUT2D eigenvalue weighted by Crippen LogP contribution is -2.23. The minimum Gasteiger partial charge on any atom is -0.396 e. The van der Waals surface area contributed by atoms with Crippen LogP contribution in [-0.4, -0.2) is 21.5 Å². The Kier molecular flexibility index (Phi) is 3.66. The fraction of sp³-hybridized carbons (Fsp3) is 0.786. The first-order valence-corrected chi connectivity index (χ1v) is 6.90. The predicted octanol–water partition coefficient (Wildman–Crippen LogP) is 2.12. The second-order valence-corrected chi connectivity index (χ2v) is 6.30. The standard InChI is InChI=1S/C14H24N2O2/c1-14(2,3)12-11(8-9-17)13(18)16(15-12)10-6-4-5-7-10/h10,15,17H,4-9H2,1-3H3. The van der Waals surface area contributed by atoms with Crippen molar-refractivity contribution in [2.24, 2.45) is 0 Å². The molecule has 18 heavy (non-hydrogen) atoms. The van der Waals surface area contributed by atoms with Crippen LogP contribution in [0, 0.1) is 0 Å². The number of nitrogens with zero attached hydrogens (tertiary/aromatic N) is 1. The van der Waals surface area contributed by atoms with Crippen LogP contribution in [0.25, 0.3) is 0 Å². The summed E-state index contributed by atoms with van der Waals surface area (Å²) in [7, 11) is 0. The highest BCUT2D eigenvalue weighted by Gasteiger charge is 2.27. The molecule has 0 amide bonds. The maximum absolute atomic E-state index is 12.4. The Morgan fingerprint density at radius 3 is 2.44 bits per heavy atom. The summed E-state index contributed by atoms with van der Waals surface area (Å²) in [5.74, 6) is 0. The monoisotopic (exact) mass is 252 g/mol. The molecule has 0 unspecified atom stereocenters. The lowest BCUT2D eigenvalue weighted by molar-refractivity contribution is 0.298. The van der Waals surface area contributed by atoms with Crippen molar-refractivity contribution in [3.8, 4) is 0 Å². The van der Waals surface area contributed by atoms with Gasteiger partial charge in [0.15, 0.2) is 0 Å². The van der Waals surface area contributed by atoms with Crippen molar-refractivity contribution in [1.29, 1.82) is 0 Å². The SMILES string of the molecule is CC(C)(C)c1[nH]n(C2CCCC2)c(=O)c1CCO. The highest BCUT2D eigenvalue weighted by Crippen LogP contribution is 2.30. The van der Waals surface area contributed by atoms with E-state index in [1.807, 2.05) is 0 Å². The van der Waals surface area contributed by atoms with E-state index in [2.05, 4.69) is 25.9 Å². The number of hydrogen-bond donors (Lipinski definition) is 2. The molecule has 1 fully saturated rings. The smallest absolute Gasteiger partial charge is 0.270 e. The van der Waals surface area contributed by atoms with Crippen molar-refractivity contribution in [3.05, 3.63) is 21.6 Å². The molecule has 1 saturated carbocycles. The molecule has 0 spiro atoms. The quantitative estimate of drug-likeness (QED) is 0.865. The molecule has 1 aromatic heterocycles. The second kappa shape index (κ2) is 4.92. The highest BCUT2D eigenvalue weighted by molar-refractivity contribution is 5.25. The number of aromatic amines is 1. The Bertz CT molecular complexity index is 459. The van der Waals surface area contributed by atoms with Crippen LogP contribution in [0.2, 0.25) is 0 Å². The van der Waals surface area contributed by atoms with Gasteiger partial charge in [-0.1, -0.05) is 33.6 Å². The fourth-order valence-corrected chi connectivity index (χ4v) is 2.87. The summed E-state index contributed by atoms with van der Waals surface area (Å²) in [4.78, 5) is 12.4. The average Bonchev–Trinajstić information content (AvgIpc) is 2.87. The predicted molar refractivity (Wildman–Crippen MR) is 72.0 cm³/mol. The van der Waals surface area contributed by atoms with E-state index in [-0.39, 0.29) is 17.6 Å². The molecule has 1 aliphatic rings. The van der Waals surface area contributed by atoms with E-state index in [0.717, 1.165) is 24.1 Å². The van der Waals surface area contributed by atoms with Crippen LogP contribution in [-0.2, 0) is 11.8 Å². The Hall–Kier alpha value is -1.03. The van der Waals surface area contributed by atoms with E-state index in [1.165, 1.54) is 12.8 Å². The van der Waals surface area contributed by atoms with Gasteiger partial charge in [-0.05, 0) is 12.8 Å². The maximum atomic E-state index is 12.4. The molecule has 0 bridgehead atoms. The Balaban J connectivity index is 2.46. The minimum atomic E-state index is -0.0898. The van der Waals surface area contributed by atoms with E-state index in [0.29, 0.717) is 12.5 Å². The summed E-state index contributed by atoms with van der Waals surface area (Å²) >= 11 is 0. The van der Waals surface area contributed by atoms with Gasteiger partial charge in [0.25, 0.3) is 5.56 Å². The first-order valence-electron chi connectivity index (χ1n) is 6.90. The third-order valence-corrected chi connectivity index (χ3v) is 3.81. The van der Waals surface area contributed by atoms with Crippen LogP contribution in [0.5, 0.6) is 0 Å². The zero-order valence-electron chi connectivity index (χ0n) is 11.6. The number of hydrogen-bond acceptors (Lipinski definition) is 2. The summed E-state index contributed by atoms with van der Waals surface area (Å²) in [6.07, 6.45) is 5.03. The molecule has 2 N–H and O–H groups in total. The van der Waals surface area contributed by atoms with Crippen LogP contribution < -0.4 is 5.56 Å². The van der Waals surface area contributed by atoms with Gasteiger partial charge in [0.2, 0.25) is 0 Å². The molecule has 0 aliphatic heterocycles. The average molecular weight is 252 g/mol. The molecule has 1 aromatic rings. The van der Waals surface area contributed by atoms with Crippen LogP contribution in [0.4, 0.5) is 0 Å². The molecular weight excluding hydrogens is 228 g/mol. The van der Waals surface area contributed by atoms with Gasteiger partial charge in [-0.3, -0.25) is 9.89 Å². The highest BCUT2D eigenvalue weighted by atomic mass is 16.3. The molecule has 1 heterocycles. The lowest BCUT2D eigenvalue weighted by atomic mass is 9.89. The molecule has 1 aliphatic carbocycles. The molecular formula is C14H24N2O2. The third-order valence-electron chi connectivity index (χ3n) is 3.81. The van der Waals surface area contributed by atoms with Gasteiger partial charge in [0.05, 0.1) is 6.04 Å². The minimum absolute atomic E-state index is 0.0286. The van der Waals surface area contributed by atoms with Crippen LogP contribution in [0.15, 0.2) is 4.79 Å². The van der Waals surface area contributed by atoms with Gasteiger partial charge >= 0.3 is 0 Å². The molecule has 2 rings (SSSR count). The van der Waals surface area contributed by atoms with Crippen LogP contribution in [0.1, 0.15) is 63.8 Å². The van der Waals surface area contributed by atoms with E-state index < -0.39 is 0 Å². The molecule has 0 radical (unpaired) electrons. The van der Waals surface area contributed by atoms with E-state index in [9.17, 15) is 4.79 Å². The van der Waals surface area contributed by atoms with Crippen molar-refractivity contribution in [1.82, 2.24) is 9.78 Å². The van der Waals surface area contributed by atoms with E-state index in [1.54, 1.807) is 4.68 Å². The maximum Gasteiger partial charge on any atom is 0.270 e. The molecule has 0 aromatic carbocycles. The first kappa shape index (κ1) is 13.4. The van der Waals surface area contributed by atoms with Gasteiger partial charge < -0.3 is 5.11 Å². The topological polar surface area (TPSA) is 58.0 Å². The van der Waals surface area contributed by atoms with Gasteiger partial charge in [-0.2, -0.15) is 0 Å². The number of aliphatic hydroxyl groups excluding tert-OH is 1. The third kappa shape index (κ3) is 2.39. The molecule has 102 valence electrons. The van der Waals surface area contributed by atoms with Crippen molar-refractivity contribution < 1.29 is 5.11 Å². The molecule has 0 saturated heterocycles. The summed E-state index contributed by atoms with van der Waals surface area (Å²) in [5, 5.41) is 12.5. The van der Waals surface area contributed by atoms with E-state index in [4.69, 9.17) is 5.11 Å². The fourth-order valence-electron chi connectivity index (χ4n) is 2.87. The zero-order chi connectivity index (χ0) is 13.3. The van der Waals surface area contributed by atoms with Gasteiger partial charge in [-0.25, -0.2) is 4.68 Å². The zero-order valence-corrected chi connectivity index (χ0v) is 11.6. The first-order chi connectivity index (χ1) is 8.45. The number of aromatic nitrogens is 2. The van der Waals surface area contributed by atoms with Gasteiger partial charge in [0.1, 0.15) is 0 Å². The van der Waals surface area contributed by atoms with Crippen LogP contribution in [0.3, 0.4) is 0 Å². The van der Waals surface area contributed by atoms with E-state index >= 15 is 0 Å². The Morgan fingerprint density at radius 2 is 1.94 bits per heavy atom.